The molecule has 12 nitrogen and oxygen atoms in total. The summed E-state index contributed by atoms with van der Waals surface area (Å²) in [6.07, 6.45) is 0.279. The van der Waals surface area contributed by atoms with Crippen molar-refractivity contribution in [3.63, 3.8) is 0 Å². The van der Waals surface area contributed by atoms with Crippen molar-refractivity contribution < 1.29 is 27.5 Å². The lowest BCUT2D eigenvalue weighted by Crippen LogP contribution is -2.29. The SMILES string of the molecule is CCS(=O)(=O)NO[C@@H](c1ncc(Cl)s1)c1nnc(-c2cccc(OC)n2)n1-c1c(OC)cccc1OC. The van der Waals surface area contributed by atoms with Gasteiger partial charge in [0.2, 0.25) is 15.9 Å². The number of benzene rings is 1. The average molecular weight is 567 g/mol. The molecule has 0 bridgehead atoms. The highest BCUT2D eigenvalue weighted by Gasteiger charge is 2.32. The fourth-order valence-corrected chi connectivity index (χ4v) is 4.66. The highest BCUT2D eigenvalue weighted by Crippen LogP contribution is 2.39. The minimum atomic E-state index is -3.75. The Kier molecular flexibility index (Phi) is 8.24. The number of hydrogen-bond acceptors (Lipinski definition) is 11. The Balaban J connectivity index is 2.01. The molecule has 1 N–H and O–H groups in total. The lowest BCUT2D eigenvalue weighted by Gasteiger charge is -2.20. The Morgan fingerprint density at radius 2 is 1.76 bits per heavy atom. The van der Waals surface area contributed by atoms with E-state index in [1.54, 1.807) is 41.0 Å². The number of methoxy groups -OCH3 is 3. The quantitative estimate of drug-likeness (QED) is 0.268. The molecule has 0 amide bonds. The Labute approximate surface area is 222 Å². The van der Waals surface area contributed by atoms with Gasteiger partial charge in [-0.3, -0.25) is 9.40 Å². The summed E-state index contributed by atoms with van der Waals surface area (Å²) in [6.45, 7) is 1.48. The lowest BCUT2D eigenvalue weighted by atomic mass is 10.2. The molecule has 4 rings (SSSR count). The normalized spacial score (nSPS) is 12.4. The highest BCUT2D eigenvalue weighted by atomic mass is 35.5. The number of pyridine rings is 1. The maximum Gasteiger partial charge on any atom is 0.233 e. The smallest absolute Gasteiger partial charge is 0.233 e. The van der Waals surface area contributed by atoms with Gasteiger partial charge in [-0.15, -0.1) is 21.5 Å². The first-order chi connectivity index (χ1) is 17.8. The van der Waals surface area contributed by atoms with Gasteiger partial charge in [-0.05, 0) is 25.1 Å². The summed E-state index contributed by atoms with van der Waals surface area (Å²) in [5, 5.41) is 9.08. The van der Waals surface area contributed by atoms with Crippen LogP contribution < -0.4 is 19.1 Å². The number of aromatic nitrogens is 5. The second-order valence-electron chi connectivity index (χ2n) is 7.28. The van der Waals surface area contributed by atoms with Crippen molar-refractivity contribution >= 4 is 33.0 Å². The highest BCUT2D eigenvalue weighted by molar-refractivity contribution is 7.89. The molecule has 0 radical (unpaired) electrons. The number of nitrogens with zero attached hydrogens (tertiary/aromatic N) is 5. The van der Waals surface area contributed by atoms with Gasteiger partial charge < -0.3 is 14.2 Å². The third-order valence-electron chi connectivity index (χ3n) is 5.10. The zero-order valence-electron chi connectivity index (χ0n) is 20.2. The third kappa shape index (κ3) is 5.67. The van der Waals surface area contributed by atoms with Crippen LogP contribution in [0.1, 0.15) is 23.9 Å². The maximum atomic E-state index is 12.2. The number of halogens is 1. The van der Waals surface area contributed by atoms with E-state index in [1.807, 2.05) is 0 Å². The minimum absolute atomic E-state index is 0.159. The summed E-state index contributed by atoms with van der Waals surface area (Å²) in [7, 11) is 0.775. The monoisotopic (exact) mass is 566 g/mol. The Hall–Kier alpha value is -3.30. The molecule has 0 saturated carbocycles. The summed E-state index contributed by atoms with van der Waals surface area (Å²) in [6, 6.07) is 10.4. The van der Waals surface area contributed by atoms with Crippen LogP contribution in [0.3, 0.4) is 0 Å². The summed E-state index contributed by atoms with van der Waals surface area (Å²) in [5.41, 5.74) is 0.845. The molecule has 0 saturated heterocycles. The second-order valence-corrected chi connectivity index (χ2v) is 10.9. The van der Waals surface area contributed by atoms with Gasteiger partial charge in [0.15, 0.2) is 17.8 Å². The number of ether oxygens (including phenoxy) is 3. The van der Waals surface area contributed by atoms with E-state index in [0.29, 0.717) is 38.1 Å². The molecule has 0 unspecified atom stereocenters. The van der Waals surface area contributed by atoms with Crippen molar-refractivity contribution in [1.29, 1.82) is 0 Å². The van der Waals surface area contributed by atoms with Crippen LogP contribution >= 0.6 is 22.9 Å². The molecular formula is C22H23ClN6O6S2. The van der Waals surface area contributed by atoms with Gasteiger partial charge in [0.1, 0.15) is 32.2 Å². The lowest BCUT2D eigenvalue weighted by molar-refractivity contribution is 0.0353. The first-order valence-corrected chi connectivity index (χ1v) is 13.6. The van der Waals surface area contributed by atoms with Crippen molar-refractivity contribution in [2.45, 2.75) is 13.0 Å². The Morgan fingerprint density at radius 1 is 1.05 bits per heavy atom. The van der Waals surface area contributed by atoms with E-state index in [-0.39, 0.29) is 17.4 Å². The van der Waals surface area contributed by atoms with Crippen LogP contribution in [0.25, 0.3) is 17.2 Å². The molecule has 0 aliphatic carbocycles. The Morgan fingerprint density at radius 3 is 2.35 bits per heavy atom. The standard InChI is InChI=1S/C22H23ClN6O6S2/c1-5-37(30,31)28-35-19(22-24-12-16(23)36-22)21-27-26-20(13-8-6-11-17(25-13)34-4)29(21)18-14(32-2)9-7-10-15(18)33-3/h6-12,19,28H,5H2,1-4H3/t19-/m1/s1. The van der Waals surface area contributed by atoms with Crippen LogP contribution in [-0.4, -0.2) is 60.2 Å². The van der Waals surface area contributed by atoms with E-state index in [2.05, 4.69) is 25.1 Å². The van der Waals surface area contributed by atoms with Gasteiger partial charge in [0.05, 0.1) is 33.3 Å². The van der Waals surface area contributed by atoms with Crippen molar-refractivity contribution in [3.05, 3.63) is 57.8 Å². The molecule has 0 aliphatic rings. The maximum absolute atomic E-state index is 12.2. The van der Waals surface area contributed by atoms with Crippen LogP contribution in [0.2, 0.25) is 4.34 Å². The molecule has 37 heavy (non-hydrogen) atoms. The first kappa shape index (κ1) is 26.8. The molecule has 0 spiro atoms. The summed E-state index contributed by atoms with van der Waals surface area (Å²) in [4.78, 5) is 16.6. The van der Waals surface area contributed by atoms with Crippen molar-refractivity contribution in [1.82, 2.24) is 29.6 Å². The molecule has 0 fully saturated rings. The number of nitrogens with one attached hydrogen (secondary N) is 1. The largest absolute Gasteiger partial charge is 0.494 e. The molecule has 1 atom stereocenters. The predicted molar refractivity (Wildman–Crippen MR) is 137 cm³/mol. The van der Waals surface area contributed by atoms with Gasteiger partial charge >= 0.3 is 0 Å². The Bertz CT molecular complexity index is 1470. The van der Waals surface area contributed by atoms with E-state index >= 15 is 0 Å². The van der Waals surface area contributed by atoms with Gasteiger partial charge in [-0.2, -0.15) is 0 Å². The topological polar surface area (TPSA) is 140 Å². The zero-order chi connectivity index (χ0) is 26.6. The number of hydrogen-bond donors (Lipinski definition) is 1. The van der Waals surface area contributed by atoms with E-state index < -0.39 is 16.1 Å². The van der Waals surface area contributed by atoms with Crippen LogP contribution in [-0.2, 0) is 14.9 Å². The summed E-state index contributed by atoms with van der Waals surface area (Å²) in [5.74, 6) is 1.45. The van der Waals surface area contributed by atoms with Crippen LogP contribution in [0.4, 0.5) is 0 Å². The van der Waals surface area contributed by atoms with Gasteiger partial charge in [0.25, 0.3) is 0 Å². The molecule has 3 aromatic heterocycles. The average Bonchev–Trinajstić information content (AvgIpc) is 3.55. The molecule has 15 heteroatoms. The zero-order valence-corrected chi connectivity index (χ0v) is 22.6. The van der Waals surface area contributed by atoms with Gasteiger partial charge in [-0.1, -0.05) is 28.6 Å². The predicted octanol–water partition coefficient (Wildman–Crippen LogP) is 3.43. The molecule has 3 heterocycles. The fourth-order valence-electron chi connectivity index (χ4n) is 3.34. The van der Waals surface area contributed by atoms with Crippen molar-refractivity contribution in [2.24, 2.45) is 0 Å². The summed E-state index contributed by atoms with van der Waals surface area (Å²) < 4.78 is 43.0. The third-order valence-corrected chi connectivity index (χ3v) is 7.37. The van der Waals surface area contributed by atoms with Crippen LogP contribution in [0, 0.1) is 0 Å². The summed E-state index contributed by atoms with van der Waals surface area (Å²) >= 11 is 7.25. The number of sulfonamides is 1. The van der Waals surface area contributed by atoms with E-state index in [1.165, 1.54) is 34.4 Å². The molecule has 0 aliphatic heterocycles. The minimum Gasteiger partial charge on any atom is -0.494 e. The number of thiazole rings is 1. The molecule has 196 valence electrons. The van der Waals surface area contributed by atoms with Gasteiger partial charge in [0, 0.05) is 6.07 Å². The second kappa shape index (κ2) is 11.4. The van der Waals surface area contributed by atoms with Crippen molar-refractivity contribution in [3.8, 4) is 34.6 Å². The number of para-hydroxylation sites is 1. The molecule has 1 aromatic carbocycles. The number of rotatable bonds is 11. The molecule has 4 aromatic rings. The fraction of sp³-hybridized carbons (Fsp3) is 0.273. The van der Waals surface area contributed by atoms with Crippen LogP contribution in [0.5, 0.6) is 17.4 Å². The van der Waals surface area contributed by atoms with Gasteiger partial charge in [-0.25, -0.2) is 18.4 Å². The van der Waals surface area contributed by atoms with E-state index in [9.17, 15) is 8.42 Å². The van der Waals surface area contributed by atoms with Crippen molar-refractivity contribution in [2.75, 3.05) is 27.1 Å². The van der Waals surface area contributed by atoms with E-state index in [0.717, 1.165) is 11.3 Å². The van der Waals surface area contributed by atoms with Crippen LogP contribution in [0.15, 0.2) is 42.6 Å². The van der Waals surface area contributed by atoms with E-state index in [4.69, 9.17) is 30.6 Å². The first-order valence-electron chi connectivity index (χ1n) is 10.8. The molecular weight excluding hydrogens is 544 g/mol.